The number of hydrogen-bond acceptors (Lipinski definition) is 3. The van der Waals surface area contributed by atoms with Gasteiger partial charge in [0.25, 0.3) is 0 Å². The topological polar surface area (TPSA) is 52.3 Å². The van der Waals surface area contributed by atoms with Gasteiger partial charge in [0.2, 0.25) is 0 Å². The van der Waals surface area contributed by atoms with Gasteiger partial charge in [0, 0.05) is 15.7 Å². The highest BCUT2D eigenvalue weighted by atomic mass is 79.9. The van der Waals surface area contributed by atoms with Gasteiger partial charge in [0.15, 0.2) is 5.78 Å². The van der Waals surface area contributed by atoms with Crippen LogP contribution in [0.15, 0.2) is 46.9 Å². The fourth-order valence-electron chi connectivity index (χ4n) is 1.80. The van der Waals surface area contributed by atoms with Gasteiger partial charge in [-0.3, -0.25) is 4.79 Å². The van der Waals surface area contributed by atoms with Crippen molar-refractivity contribution < 1.29 is 9.53 Å². The Morgan fingerprint density at radius 1 is 1.21 bits per heavy atom. The Kier molecular flexibility index (Phi) is 4.22. The van der Waals surface area contributed by atoms with Gasteiger partial charge < -0.3 is 10.5 Å². The Hall–Kier alpha value is -1.81. The van der Waals surface area contributed by atoms with E-state index in [-0.39, 0.29) is 5.78 Å². The molecule has 0 amide bonds. The predicted molar refractivity (Wildman–Crippen MR) is 79.6 cm³/mol. The van der Waals surface area contributed by atoms with E-state index in [1.54, 1.807) is 30.3 Å². The first-order valence-corrected chi connectivity index (χ1v) is 6.74. The maximum atomic E-state index is 12.5. The van der Waals surface area contributed by atoms with E-state index in [1.807, 2.05) is 19.1 Å². The number of carbonyl (C=O) groups is 1. The van der Waals surface area contributed by atoms with E-state index in [4.69, 9.17) is 10.5 Å². The summed E-state index contributed by atoms with van der Waals surface area (Å²) in [7, 11) is 0. The Labute approximate surface area is 120 Å². The summed E-state index contributed by atoms with van der Waals surface area (Å²) in [5.74, 6) is 0.479. The largest absolute Gasteiger partial charge is 0.493 e. The van der Waals surface area contributed by atoms with E-state index in [9.17, 15) is 4.79 Å². The maximum absolute atomic E-state index is 12.5. The minimum absolute atomic E-state index is 0.108. The van der Waals surface area contributed by atoms with Crippen molar-refractivity contribution in [1.29, 1.82) is 0 Å². The zero-order chi connectivity index (χ0) is 13.8. The molecule has 0 fully saturated rings. The average molecular weight is 320 g/mol. The third-order valence-corrected chi connectivity index (χ3v) is 3.36. The number of halogens is 1. The van der Waals surface area contributed by atoms with Gasteiger partial charge in [-0.25, -0.2) is 0 Å². The Morgan fingerprint density at radius 3 is 2.68 bits per heavy atom. The Balaban J connectivity index is 2.47. The number of rotatable bonds is 4. The Morgan fingerprint density at radius 2 is 1.95 bits per heavy atom. The number of ketones is 1. The smallest absolute Gasteiger partial charge is 0.197 e. The maximum Gasteiger partial charge on any atom is 0.197 e. The van der Waals surface area contributed by atoms with Crippen LogP contribution in [0, 0.1) is 0 Å². The molecule has 19 heavy (non-hydrogen) atoms. The lowest BCUT2D eigenvalue weighted by atomic mass is 10.0. The first-order valence-electron chi connectivity index (χ1n) is 5.95. The summed E-state index contributed by atoms with van der Waals surface area (Å²) in [5.41, 5.74) is 7.36. The van der Waals surface area contributed by atoms with Crippen LogP contribution in [0.1, 0.15) is 22.8 Å². The highest BCUT2D eigenvalue weighted by Gasteiger charge is 2.16. The number of para-hydroxylation sites is 1. The van der Waals surface area contributed by atoms with E-state index < -0.39 is 0 Å². The van der Waals surface area contributed by atoms with Crippen LogP contribution in [0.2, 0.25) is 0 Å². The van der Waals surface area contributed by atoms with Gasteiger partial charge in [0.05, 0.1) is 12.2 Å². The minimum atomic E-state index is -0.108. The fraction of sp³-hybridized carbons (Fsp3) is 0.133. The molecule has 0 atom stereocenters. The van der Waals surface area contributed by atoms with Gasteiger partial charge in [-0.2, -0.15) is 0 Å². The molecule has 0 saturated heterocycles. The first-order chi connectivity index (χ1) is 9.13. The standard InChI is InChI=1S/C15H14BrNO2/c1-2-19-14-6-4-3-5-11(14)15(18)12-9-10(17)7-8-13(12)16/h3-9H,2,17H2,1H3. The summed E-state index contributed by atoms with van der Waals surface area (Å²) in [4.78, 5) is 12.5. The van der Waals surface area contributed by atoms with E-state index >= 15 is 0 Å². The number of nitrogens with two attached hydrogens (primary N) is 1. The second-order valence-corrected chi connectivity index (χ2v) is 4.85. The Bertz CT molecular complexity index is 611. The van der Waals surface area contributed by atoms with Crippen molar-refractivity contribution >= 4 is 27.4 Å². The van der Waals surface area contributed by atoms with E-state index in [1.165, 1.54) is 0 Å². The minimum Gasteiger partial charge on any atom is -0.493 e. The van der Waals surface area contributed by atoms with Crippen LogP contribution in [0.5, 0.6) is 5.75 Å². The number of ether oxygens (including phenoxy) is 1. The van der Waals surface area contributed by atoms with Crippen molar-refractivity contribution in [2.75, 3.05) is 12.3 Å². The van der Waals surface area contributed by atoms with Crippen LogP contribution < -0.4 is 10.5 Å². The summed E-state index contributed by atoms with van der Waals surface area (Å²) in [6, 6.07) is 12.4. The van der Waals surface area contributed by atoms with Gasteiger partial charge in [0.1, 0.15) is 5.75 Å². The normalized spacial score (nSPS) is 10.2. The number of nitrogen functional groups attached to an aromatic ring is 1. The SMILES string of the molecule is CCOc1ccccc1C(=O)c1cc(N)ccc1Br. The lowest BCUT2D eigenvalue weighted by Crippen LogP contribution is -2.06. The summed E-state index contributed by atoms with van der Waals surface area (Å²) >= 11 is 3.37. The molecule has 3 nitrogen and oxygen atoms in total. The second kappa shape index (κ2) is 5.89. The van der Waals surface area contributed by atoms with Crippen molar-refractivity contribution in [1.82, 2.24) is 0 Å². The van der Waals surface area contributed by atoms with E-state index in [0.717, 1.165) is 4.47 Å². The molecule has 0 unspecified atom stereocenters. The van der Waals surface area contributed by atoms with Gasteiger partial charge >= 0.3 is 0 Å². The first kappa shape index (κ1) is 13.6. The quantitative estimate of drug-likeness (QED) is 0.691. The van der Waals surface area contributed by atoms with Gasteiger partial charge in [-0.15, -0.1) is 0 Å². The van der Waals surface area contributed by atoms with Crippen LogP contribution in [-0.2, 0) is 0 Å². The summed E-state index contributed by atoms with van der Waals surface area (Å²) in [6.45, 7) is 2.40. The number of anilines is 1. The molecule has 0 bridgehead atoms. The molecule has 0 aliphatic heterocycles. The molecule has 2 aromatic carbocycles. The van der Waals surface area contributed by atoms with Crippen molar-refractivity contribution in [2.24, 2.45) is 0 Å². The third-order valence-electron chi connectivity index (χ3n) is 2.67. The van der Waals surface area contributed by atoms with Crippen LogP contribution in [0.25, 0.3) is 0 Å². The fourth-order valence-corrected chi connectivity index (χ4v) is 2.22. The molecule has 98 valence electrons. The average Bonchev–Trinajstić information content (AvgIpc) is 2.42. The number of benzene rings is 2. The molecular formula is C15H14BrNO2. The van der Waals surface area contributed by atoms with Crippen molar-refractivity contribution in [3.63, 3.8) is 0 Å². The lowest BCUT2D eigenvalue weighted by Gasteiger charge is -2.10. The molecule has 0 aliphatic rings. The zero-order valence-electron chi connectivity index (χ0n) is 10.5. The van der Waals surface area contributed by atoms with Crippen LogP contribution in [-0.4, -0.2) is 12.4 Å². The zero-order valence-corrected chi connectivity index (χ0v) is 12.1. The predicted octanol–water partition coefficient (Wildman–Crippen LogP) is 3.66. The van der Waals surface area contributed by atoms with E-state index in [2.05, 4.69) is 15.9 Å². The molecule has 0 radical (unpaired) electrons. The summed E-state index contributed by atoms with van der Waals surface area (Å²) < 4.78 is 6.20. The molecule has 0 spiro atoms. The summed E-state index contributed by atoms with van der Waals surface area (Å²) in [6.07, 6.45) is 0. The highest BCUT2D eigenvalue weighted by Crippen LogP contribution is 2.26. The van der Waals surface area contributed by atoms with Crippen LogP contribution >= 0.6 is 15.9 Å². The van der Waals surface area contributed by atoms with E-state index in [0.29, 0.717) is 29.2 Å². The molecule has 2 aromatic rings. The molecule has 4 heteroatoms. The molecule has 2 rings (SSSR count). The number of carbonyl (C=O) groups excluding carboxylic acids is 1. The molecular weight excluding hydrogens is 306 g/mol. The van der Waals surface area contributed by atoms with Gasteiger partial charge in [-0.05, 0) is 37.3 Å². The lowest BCUT2D eigenvalue weighted by molar-refractivity contribution is 0.103. The van der Waals surface area contributed by atoms with Crippen molar-refractivity contribution in [3.8, 4) is 5.75 Å². The van der Waals surface area contributed by atoms with Gasteiger partial charge in [-0.1, -0.05) is 28.1 Å². The molecule has 0 saturated carbocycles. The van der Waals surface area contributed by atoms with Crippen LogP contribution in [0.4, 0.5) is 5.69 Å². The third kappa shape index (κ3) is 2.96. The second-order valence-electron chi connectivity index (χ2n) is 4.00. The van der Waals surface area contributed by atoms with Crippen molar-refractivity contribution in [3.05, 3.63) is 58.1 Å². The monoisotopic (exact) mass is 319 g/mol. The molecule has 0 aromatic heterocycles. The molecule has 0 heterocycles. The van der Waals surface area contributed by atoms with Crippen molar-refractivity contribution in [2.45, 2.75) is 6.92 Å². The highest BCUT2D eigenvalue weighted by molar-refractivity contribution is 9.10. The number of hydrogen-bond donors (Lipinski definition) is 1. The van der Waals surface area contributed by atoms with Crippen LogP contribution in [0.3, 0.4) is 0 Å². The summed E-state index contributed by atoms with van der Waals surface area (Å²) in [5, 5.41) is 0. The molecule has 0 aliphatic carbocycles. The molecule has 2 N–H and O–H groups in total.